The normalized spacial score (nSPS) is 23.1. The lowest BCUT2D eigenvalue weighted by atomic mass is 9.74. The van der Waals surface area contributed by atoms with Gasteiger partial charge in [0, 0.05) is 17.6 Å². The van der Waals surface area contributed by atoms with E-state index in [0.29, 0.717) is 5.41 Å². The molecule has 1 saturated heterocycles. The molecular formula is C14H20N2. The van der Waals surface area contributed by atoms with E-state index in [4.69, 9.17) is 0 Å². The highest BCUT2D eigenvalue weighted by atomic mass is 15.1. The second-order valence-corrected chi connectivity index (χ2v) is 5.43. The summed E-state index contributed by atoms with van der Waals surface area (Å²) in [7, 11) is 2.23. The number of rotatable bonds is 0. The smallest absolute Gasteiger partial charge is 0.0409 e. The van der Waals surface area contributed by atoms with Crippen molar-refractivity contribution in [1.29, 1.82) is 0 Å². The number of benzene rings is 1. The third-order valence-electron chi connectivity index (χ3n) is 4.39. The minimum Gasteiger partial charge on any atom is -0.384 e. The molecule has 2 nitrogen and oxygen atoms in total. The lowest BCUT2D eigenvalue weighted by Gasteiger charge is -2.37. The summed E-state index contributed by atoms with van der Waals surface area (Å²) >= 11 is 0. The monoisotopic (exact) mass is 216 g/mol. The van der Waals surface area contributed by atoms with E-state index in [1.54, 1.807) is 5.56 Å². The first kappa shape index (κ1) is 10.2. The predicted octanol–water partition coefficient (Wildman–Crippen LogP) is 2.38. The molecule has 1 N–H and O–H groups in total. The molecule has 1 fully saturated rings. The summed E-state index contributed by atoms with van der Waals surface area (Å²) in [6.07, 6.45) is 2.60. The molecule has 0 unspecified atom stereocenters. The SMILES string of the molecule is Cc1cccc2c1NCC21CCN(C)CC1. The second kappa shape index (κ2) is 3.49. The molecule has 0 saturated carbocycles. The van der Waals surface area contributed by atoms with Gasteiger partial charge in [0.15, 0.2) is 0 Å². The van der Waals surface area contributed by atoms with Crippen LogP contribution in [0.1, 0.15) is 24.0 Å². The Balaban J connectivity index is 1.99. The van der Waals surface area contributed by atoms with E-state index in [1.807, 2.05) is 0 Å². The molecule has 16 heavy (non-hydrogen) atoms. The number of nitrogens with one attached hydrogen (secondary N) is 1. The number of fused-ring (bicyclic) bond motifs is 2. The van der Waals surface area contributed by atoms with Gasteiger partial charge >= 0.3 is 0 Å². The van der Waals surface area contributed by atoms with Gasteiger partial charge in [0.25, 0.3) is 0 Å². The van der Waals surface area contributed by atoms with E-state index >= 15 is 0 Å². The van der Waals surface area contributed by atoms with Gasteiger partial charge in [0.1, 0.15) is 0 Å². The summed E-state index contributed by atoms with van der Waals surface area (Å²) in [5, 5.41) is 3.63. The van der Waals surface area contributed by atoms with Crippen LogP contribution in [0.4, 0.5) is 5.69 Å². The van der Waals surface area contributed by atoms with Crippen molar-refractivity contribution in [2.45, 2.75) is 25.2 Å². The third-order valence-corrected chi connectivity index (χ3v) is 4.39. The molecule has 2 aliphatic heterocycles. The molecular weight excluding hydrogens is 196 g/mol. The zero-order valence-electron chi connectivity index (χ0n) is 10.2. The number of para-hydroxylation sites is 1. The van der Waals surface area contributed by atoms with Crippen LogP contribution in [-0.4, -0.2) is 31.6 Å². The number of nitrogens with zero attached hydrogens (tertiary/aromatic N) is 1. The Kier molecular flexibility index (Phi) is 2.21. The maximum atomic E-state index is 3.63. The Labute approximate surface area is 97.6 Å². The summed E-state index contributed by atoms with van der Waals surface area (Å²) in [5.74, 6) is 0. The van der Waals surface area contributed by atoms with Gasteiger partial charge in [-0.25, -0.2) is 0 Å². The van der Waals surface area contributed by atoms with Crippen molar-refractivity contribution < 1.29 is 0 Å². The van der Waals surface area contributed by atoms with Crippen molar-refractivity contribution in [2.24, 2.45) is 0 Å². The largest absolute Gasteiger partial charge is 0.384 e. The minimum atomic E-state index is 0.424. The number of aryl methyl sites for hydroxylation is 1. The molecule has 0 bridgehead atoms. The van der Waals surface area contributed by atoms with E-state index in [2.05, 4.69) is 42.4 Å². The number of hydrogen-bond acceptors (Lipinski definition) is 2. The second-order valence-electron chi connectivity index (χ2n) is 5.43. The Morgan fingerprint density at radius 2 is 2.00 bits per heavy atom. The van der Waals surface area contributed by atoms with Crippen LogP contribution < -0.4 is 5.32 Å². The van der Waals surface area contributed by atoms with Gasteiger partial charge in [-0.2, -0.15) is 0 Å². The number of piperidine rings is 1. The molecule has 86 valence electrons. The summed E-state index contributed by atoms with van der Waals surface area (Å²) in [4.78, 5) is 2.44. The average molecular weight is 216 g/mol. The molecule has 0 aliphatic carbocycles. The van der Waals surface area contributed by atoms with Crippen LogP contribution in [0.5, 0.6) is 0 Å². The number of anilines is 1. The van der Waals surface area contributed by atoms with Crippen LogP contribution in [-0.2, 0) is 5.41 Å². The molecule has 3 rings (SSSR count). The molecule has 0 aromatic heterocycles. The Morgan fingerprint density at radius 1 is 1.25 bits per heavy atom. The fourth-order valence-electron chi connectivity index (χ4n) is 3.19. The van der Waals surface area contributed by atoms with E-state index in [-0.39, 0.29) is 0 Å². The van der Waals surface area contributed by atoms with Crippen molar-refractivity contribution in [3.63, 3.8) is 0 Å². The van der Waals surface area contributed by atoms with Crippen molar-refractivity contribution in [2.75, 3.05) is 32.0 Å². The maximum Gasteiger partial charge on any atom is 0.0409 e. The Hall–Kier alpha value is -1.02. The van der Waals surface area contributed by atoms with Gasteiger partial charge in [-0.1, -0.05) is 18.2 Å². The Bertz CT molecular complexity index is 403. The molecule has 2 heteroatoms. The van der Waals surface area contributed by atoms with Gasteiger partial charge < -0.3 is 10.2 Å². The van der Waals surface area contributed by atoms with Crippen LogP contribution in [0.3, 0.4) is 0 Å². The maximum absolute atomic E-state index is 3.63. The lowest BCUT2D eigenvalue weighted by Crippen LogP contribution is -2.42. The molecule has 2 aliphatic rings. The highest BCUT2D eigenvalue weighted by Gasteiger charge is 2.40. The first-order valence-electron chi connectivity index (χ1n) is 6.24. The average Bonchev–Trinajstić information content (AvgIpc) is 2.64. The molecule has 2 heterocycles. The van der Waals surface area contributed by atoms with Crippen LogP contribution in [0.25, 0.3) is 0 Å². The zero-order chi connectivity index (χ0) is 11.2. The zero-order valence-corrected chi connectivity index (χ0v) is 10.2. The predicted molar refractivity (Wildman–Crippen MR) is 68.1 cm³/mol. The standard InChI is InChI=1S/C14H20N2/c1-11-4-3-5-12-13(11)15-10-14(12)6-8-16(2)9-7-14/h3-5,15H,6-10H2,1-2H3. The van der Waals surface area contributed by atoms with Gasteiger partial charge in [-0.05, 0) is 51.0 Å². The lowest BCUT2D eigenvalue weighted by molar-refractivity contribution is 0.200. The summed E-state index contributed by atoms with van der Waals surface area (Å²) in [5.41, 5.74) is 4.80. The summed E-state index contributed by atoms with van der Waals surface area (Å²) < 4.78 is 0. The first-order chi connectivity index (χ1) is 7.71. The fourth-order valence-corrected chi connectivity index (χ4v) is 3.19. The molecule has 1 aromatic carbocycles. The summed E-state index contributed by atoms with van der Waals surface area (Å²) in [6, 6.07) is 6.74. The molecule has 1 spiro atoms. The quantitative estimate of drug-likeness (QED) is 0.716. The number of hydrogen-bond donors (Lipinski definition) is 1. The van der Waals surface area contributed by atoms with E-state index in [9.17, 15) is 0 Å². The van der Waals surface area contributed by atoms with Crippen LogP contribution >= 0.6 is 0 Å². The molecule has 0 amide bonds. The van der Waals surface area contributed by atoms with Crippen LogP contribution in [0, 0.1) is 6.92 Å². The molecule has 0 radical (unpaired) electrons. The highest BCUT2D eigenvalue weighted by molar-refractivity contribution is 5.65. The fraction of sp³-hybridized carbons (Fsp3) is 0.571. The number of likely N-dealkylation sites (tertiary alicyclic amines) is 1. The first-order valence-corrected chi connectivity index (χ1v) is 6.24. The minimum absolute atomic E-state index is 0.424. The van der Waals surface area contributed by atoms with Gasteiger partial charge in [-0.15, -0.1) is 0 Å². The Morgan fingerprint density at radius 3 is 2.75 bits per heavy atom. The third kappa shape index (κ3) is 1.36. The van der Waals surface area contributed by atoms with Gasteiger partial charge in [0.2, 0.25) is 0 Å². The van der Waals surface area contributed by atoms with Crippen LogP contribution in [0.2, 0.25) is 0 Å². The topological polar surface area (TPSA) is 15.3 Å². The van der Waals surface area contributed by atoms with Crippen molar-refractivity contribution in [3.05, 3.63) is 29.3 Å². The van der Waals surface area contributed by atoms with Crippen molar-refractivity contribution in [1.82, 2.24) is 4.90 Å². The van der Waals surface area contributed by atoms with E-state index in [0.717, 1.165) is 6.54 Å². The van der Waals surface area contributed by atoms with E-state index < -0.39 is 0 Å². The van der Waals surface area contributed by atoms with Crippen molar-refractivity contribution >= 4 is 5.69 Å². The van der Waals surface area contributed by atoms with Crippen LogP contribution in [0.15, 0.2) is 18.2 Å². The van der Waals surface area contributed by atoms with Gasteiger partial charge in [-0.3, -0.25) is 0 Å². The highest BCUT2D eigenvalue weighted by Crippen LogP contribution is 2.44. The summed E-state index contributed by atoms with van der Waals surface area (Å²) in [6.45, 7) is 5.81. The van der Waals surface area contributed by atoms with Gasteiger partial charge in [0.05, 0.1) is 0 Å². The van der Waals surface area contributed by atoms with Crippen molar-refractivity contribution in [3.8, 4) is 0 Å². The molecule has 1 aromatic rings. The molecule has 0 atom stereocenters. The van der Waals surface area contributed by atoms with E-state index in [1.165, 1.54) is 37.2 Å².